The van der Waals surface area contributed by atoms with Crippen molar-refractivity contribution in [3.8, 4) is 69.0 Å². The molecule has 0 aliphatic rings. The summed E-state index contributed by atoms with van der Waals surface area (Å²) in [4.78, 5) is 0. The van der Waals surface area contributed by atoms with E-state index in [4.69, 9.17) is 99.3 Å². The van der Waals surface area contributed by atoms with Gasteiger partial charge in [-0.1, -0.05) is 92.2 Å². The molecule has 0 aliphatic heterocycles. The lowest BCUT2D eigenvalue weighted by Gasteiger charge is -2.13. The first-order valence-electron chi connectivity index (χ1n) is 48.2. The summed E-state index contributed by atoms with van der Waals surface area (Å²) in [7, 11) is -4.95. The number of unbranched alkanes of at least 4 members (excludes halogenated alkanes) is 3. The second-order valence-electron chi connectivity index (χ2n) is 23.0. The number of benzene rings is 8. The first-order valence-corrected chi connectivity index (χ1v) is 32.7. The topological polar surface area (TPSA) is 192 Å². The van der Waals surface area contributed by atoms with Crippen LogP contribution in [0.15, 0.2) is 163 Å². The molecule has 0 saturated carbocycles. The maximum Gasteiger partial charge on any atom is 0.160 e. The van der Waals surface area contributed by atoms with Crippen LogP contribution < -0.4 is 56.8 Å². The van der Waals surface area contributed by atoms with E-state index in [9.17, 15) is 20.4 Å². The van der Waals surface area contributed by atoms with E-state index in [2.05, 4.69) is 0 Å². The van der Waals surface area contributed by atoms with E-state index in [1.54, 1.807) is 50.2 Å². The van der Waals surface area contributed by atoms with Crippen molar-refractivity contribution in [1.82, 2.24) is 0 Å². The summed E-state index contributed by atoms with van der Waals surface area (Å²) in [5.41, 5.74) is 4.37. The lowest BCUT2D eigenvalue weighted by atomic mass is 10.0. The molecular formula is C85H114O16. The molecule has 101 heavy (non-hydrogen) atoms. The summed E-state index contributed by atoms with van der Waals surface area (Å²) in [6.07, 6.45) is -1.70. The third-order valence-corrected chi connectivity index (χ3v) is 15.0. The van der Waals surface area contributed by atoms with Gasteiger partial charge in [0.15, 0.2) is 46.0 Å². The van der Waals surface area contributed by atoms with E-state index in [-0.39, 0.29) is 204 Å². The van der Waals surface area contributed by atoms with Gasteiger partial charge in [-0.05, 0) is 259 Å². The zero-order chi connectivity index (χ0) is 99.8. The first kappa shape index (κ1) is 47.4. The average Bonchev–Trinajstić information content (AvgIpc) is 0.769. The normalized spacial score (nSPS) is 17.1. The van der Waals surface area contributed by atoms with Gasteiger partial charge >= 0.3 is 0 Å². The molecule has 16 nitrogen and oxygen atoms in total. The SMILES string of the molecule is [2H]c1c([2H])c(C)c([2H])c(OCC(O)CCCCc2ccc(OC([2H])([2H])[2H])c(OC([2H])([2H])[2H])c2)c1[2H].[2H]c1c([2H])c(C)c([2H])c(OCC(O)CCCCc2ccc(OC([2H])([2H])[2H])c(OC)c2)c1[2H].[2H]c1c([2H])c(C)c([2H])c(OCC(O)CCCCc2ccc(OC)c(OC([2H])([2H])[2H])c2)c1[2H].[2H]c1c([2H])c(OCC(O)CCC([2H])([2H])C([2H])([2H])c2ccc(OC)c(OC)c2)c([2H])c(C)c1C. The minimum atomic E-state index is -2.78. The monoisotopic (exact) mass is 1420 g/mol. The molecule has 16 heteroatoms. The zero-order valence-electron chi connectivity index (χ0n) is 89.7. The van der Waals surface area contributed by atoms with Crippen LogP contribution in [-0.4, -0.2) is 128 Å². The quantitative estimate of drug-likeness (QED) is 0.0265. The van der Waals surface area contributed by atoms with E-state index >= 15 is 0 Å². The average molecular weight is 1420 g/mol. The summed E-state index contributed by atoms with van der Waals surface area (Å²) in [6, 6.07) is 15.7. The Kier molecular flexibility index (Phi) is 22.2. The fourth-order valence-electron chi connectivity index (χ4n) is 9.35. The van der Waals surface area contributed by atoms with E-state index in [0.29, 0.717) is 98.1 Å². The van der Waals surface area contributed by atoms with Crippen molar-refractivity contribution < 1.29 is 120 Å². The third-order valence-electron chi connectivity index (χ3n) is 15.0. The molecule has 8 aromatic carbocycles. The van der Waals surface area contributed by atoms with Crippen molar-refractivity contribution in [2.45, 2.75) is 162 Å². The number of aliphatic hydroxyl groups is 4. The van der Waals surface area contributed by atoms with Crippen molar-refractivity contribution in [3.63, 3.8) is 0 Å². The molecule has 4 atom stereocenters. The van der Waals surface area contributed by atoms with E-state index in [1.807, 2.05) is 6.07 Å². The van der Waals surface area contributed by atoms with Gasteiger partial charge in [0.05, 0.1) is 118 Å². The fraction of sp³-hybridized carbons (Fsp3) is 0.435. The molecule has 0 heterocycles. The molecule has 0 saturated heterocycles. The molecule has 0 aliphatic carbocycles. The number of methoxy groups -OCH3 is 8. The van der Waals surface area contributed by atoms with Crippen molar-refractivity contribution in [3.05, 3.63) is 214 Å². The number of aliphatic hydroxyl groups excluding tert-OH is 4. The minimum absolute atomic E-state index is 0.0270. The number of aryl methyl sites for hydroxylation is 4. The zero-order valence-corrected chi connectivity index (χ0v) is 58.7. The summed E-state index contributed by atoms with van der Waals surface area (Å²) >= 11 is 0. The number of ether oxygens (including phenoxy) is 12. The molecule has 550 valence electrons. The van der Waals surface area contributed by atoms with Crippen LogP contribution in [0.3, 0.4) is 0 Å². The third kappa shape index (κ3) is 32.2. The van der Waals surface area contributed by atoms with Gasteiger partial charge in [-0.3, -0.25) is 0 Å². The smallest absolute Gasteiger partial charge is 0.160 e. The number of hydrogen-bond donors (Lipinski definition) is 4. The molecular weight excluding hydrogens is 1280 g/mol. The van der Waals surface area contributed by atoms with Crippen molar-refractivity contribution in [2.24, 2.45) is 0 Å². The van der Waals surface area contributed by atoms with E-state index < -0.39 is 65.3 Å². The second kappa shape index (κ2) is 47.3. The Labute approximate surface area is 645 Å². The minimum Gasteiger partial charge on any atom is -0.493 e. The Hall–Kier alpha value is -8.80. The van der Waals surface area contributed by atoms with Crippen LogP contribution in [0, 0.1) is 34.6 Å². The summed E-state index contributed by atoms with van der Waals surface area (Å²) < 4.78 is 301. The molecule has 0 radical (unpaired) electrons. The van der Waals surface area contributed by atoms with Crippen LogP contribution >= 0.6 is 0 Å². The summed E-state index contributed by atoms with van der Waals surface area (Å²) in [5, 5.41) is 40.9. The van der Waals surface area contributed by atoms with Gasteiger partial charge in [0.1, 0.15) is 49.4 Å². The van der Waals surface area contributed by atoms with Crippen LogP contribution in [0.25, 0.3) is 0 Å². The van der Waals surface area contributed by atoms with Gasteiger partial charge in [-0.15, -0.1) is 0 Å². The van der Waals surface area contributed by atoms with Crippen LogP contribution in [0.1, 0.15) is 170 Å². The van der Waals surface area contributed by atoms with Gasteiger partial charge in [0, 0.05) is 5.48 Å². The Bertz CT molecular complexity index is 5010. The largest absolute Gasteiger partial charge is 0.493 e. The van der Waals surface area contributed by atoms with Crippen molar-refractivity contribution in [2.75, 3.05) is 83.0 Å². The van der Waals surface area contributed by atoms with Crippen LogP contribution in [0.4, 0.5) is 0 Å². The number of rotatable bonds is 40. The maximum atomic E-state index is 10.3. The molecule has 0 fully saturated rings. The van der Waals surface area contributed by atoms with Gasteiger partial charge < -0.3 is 77.3 Å². The Morgan fingerprint density at radius 1 is 0.337 bits per heavy atom. The summed E-state index contributed by atoms with van der Waals surface area (Å²) in [5.74, 6) is 0.825. The van der Waals surface area contributed by atoms with Crippen LogP contribution in [0.5, 0.6) is 69.0 Å². The molecule has 4 N–H and O–H groups in total. The lowest BCUT2D eigenvalue weighted by molar-refractivity contribution is 0.0975. The standard InChI is InChI=1S/C22H30O4.3C21H28O4/c1-16-9-11-20(13-17(16)2)26-15-19(23)8-6-5-7-18-10-12-21(24-3)22(14-18)25-4;3*1-16-7-6-10-19(13-16)25-15-18(22)9-5-4-8-17-11-12-20(23-2)21(14-17)24-3/h9-14,19,23H,5-8,15H2,1-4H3;3*6-7,10-14,18,22H,4-5,8-9,15H2,1-3H3/i5D2,7D2,9D,11D,13D;2D3,3D3,6D,7D,10D,13D;3D3,6D,7D,10D,13D;2D3,6D,7D,10D,13D. The highest BCUT2D eigenvalue weighted by Gasteiger charge is 2.13. The summed E-state index contributed by atoms with van der Waals surface area (Å²) in [6.45, 7) is 7.16. The molecule has 8 rings (SSSR count). The van der Waals surface area contributed by atoms with Gasteiger partial charge in [0.25, 0.3) is 0 Å². The van der Waals surface area contributed by atoms with Gasteiger partial charge in [0.2, 0.25) is 0 Å². The van der Waals surface area contributed by atoms with Crippen molar-refractivity contribution >= 4 is 0 Å². The Morgan fingerprint density at radius 2 is 0.644 bits per heavy atom. The molecule has 0 bridgehead atoms. The molecule has 4 unspecified atom stereocenters. The molecule has 0 amide bonds. The number of hydrogen-bond acceptors (Lipinski definition) is 16. The molecule has 0 spiro atoms. The van der Waals surface area contributed by atoms with Crippen molar-refractivity contribution in [1.29, 1.82) is 0 Å². The van der Waals surface area contributed by atoms with E-state index in [1.165, 1.54) is 79.5 Å². The highest BCUT2D eigenvalue weighted by atomic mass is 16.5. The predicted octanol–water partition coefficient (Wildman–Crippen LogP) is 17.0. The van der Waals surface area contributed by atoms with E-state index in [0.717, 1.165) is 24.0 Å². The first-order chi connectivity index (χ1) is 61.2. The van der Waals surface area contributed by atoms with Crippen LogP contribution in [0.2, 0.25) is 0 Å². The highest BCUT2D eigenvalue weighted by Crippen LogP contribution is 2.32. The Balaban J connectivity index is 0.000000312. The Morgan fingerprint density at radius 3 is 1.00 bits per heavy atom. The van der Waals surface area contributed by atoms with Gasteiger partial charge in [-0.2, -0.15) is 0 Å². The second-order valence-corrected chi connectivity index (χ2v) is 23.0. The van der Waals surface area contributed by atoms with Crippen LogP contribution in [-0.2, 0) is 25.6 Å². The maximum absolute atomic E-state index is 10.3. The molecule has 8 aromatic rings. The fourth-order valence-corrected chi connectivity index (χ4v) is 9.35. The lowest BCUT2D eigenvalue weighted by Crippen LogP contribution is -2.17. The molecule has 0 aromatic heterocycles. The predicted molar refractivity (Wildman–Crippen MR) is 404 cm³/mol. The highest BCUT2D eigenvalue weighted by molar-refractivity contribution is 5.46. The van der Waals surface area contributed by atoms with Gasteiger partial charge in [-0.25, -0.2) is 0 Å².